The van der Waals surface area contributed by atoms with Gasteiger partial charge in [0.2, 0.25) is 11.8 Å². The molecule has 6 nitrogen and oxygen atoms in total. The summed E-state index contributed by atoms with van der Waals surface area (Å²) in [6.07, 6.45) is 1.43. The lowest BCUT2D eigenvalue weighted by Gasteiger charge is -2.11. The SMILES string of the molecule is CC.CCCC(=O)Nc1cc(NC(=O)CC)cc(C(=O)OC)c1. The highest BCUT2D eigenvalue weighted by Gasteiger charge is 2.11. The van der Waals surface area contributed by atoms with Crippen molar-refractivity contribution in [1.82, 2.24) is 0 Å². The summed E-state index contributed by atoms with van der Waals surface area (Å²) in [7, 11) is 1.27. The maximum absolute atomic E-state index is 11.6. The van der Waals surface area contributed by atoms with Crippen LogP contribution in [0.15, 0.2) is 18.2 Å². The van der Waals surface area contributed by atoms with Crippen molar-refractivity contribution in [2.24, 2.45) is 0 Å². The van der Waals surface area contributed by atoms with Crippen molar-refractivity contribution in [3.63, 3.8) is 0 Å². The number of methoxy groups -OCH3 is 1. The molecule has 0 spiro atoms. The molecule has 0 aliphatic rings. The third-order valence-corrected chi connectivity index (χ3v) is 2.72. The van der Waals surface area contributed by atoms with Gasteiger partial charge in [0.05, 0.1) is 12.7 Å². The van der Waals surface area contributed by atoms with E-state index in [9.17, 15) is 14.4 Å². The normalized spacial score (nSPS) is 9.26. The van der Waals surface area contributed by atoms with E-state index in [1.807, 2.05) is 20.8 Å². The molecule has 128 valence electrons. The lowest BCUT2D eigenvalue weighted by molar-refractivity contribution is -0.116. The second kappa shape index (κ2) is 11.2. The Morgan fingerprint density at radius 3 is 1.91 bits per heavy atom. The van der Waals surface area contributed by atoms with E-state index in [1.54, 1.807) is 13.0 Å². The standard InChI is InChI=1S/C15H20N2O4.C2H6/c1-4-6-14(19)17-12-8-10(15(20)21-3)7-11(9-12)16-13(18)5-2;1-2/h7-9H,4-6H2,1-3H3,(H,16,18)(H,17,19);1-2H3. The number of anilines is 2. The van der Waals surface area contributed by atoms with Crippen LogP contribution >= 0.6 is 0 Å². The van der Waals surface area contributed by atoms with Gasteiger partial charge in [-0.15, -0.1) is 0 Å². The molecule has 0 aliphatic carbocycles. The molecule has 0 fully saturated rings. The molecule has 0 saturated carbocycles. The topological polar surface area (TPSA) is 84.5 Å². The Balaban J connectivity index is 0.00000232. The van der Waals surface area contributed by atoms with E-state index in [0.717, 1.165) is 6.42 Å². The summed E-state index contributed by atoms with van der Waals surface area (Å²) in [4.78, 5) is 34.7. The van der Waals surface area contributed by atoms with Gasteiger partial charge in [0, 0.05) is 24.2 Å². The van der Waals surface area contributed by atoms with Crippen LogP contribution in [0.3, 0.4) is 0 Å². The molecular formula is C17H26N2O4. The summed E-state index contributed by atoms with van der Waals surface area (Å²) < 4.78 is 4.67. The number of nitrogens with one attached hydrogen (secondary N) is 2. The molecule has 0 bridgehead atoms. The van der Waals surface area contributed by atoms with E-state index in [2.05, 4.69) is 15.4 Å². The Labute approximate surface area is 137 Å². The monoisotopic (exact) mass is 322 g/mol. The van der Waals surface area contributed by atoms with Crippen LogP contribution in [0.5, 0.6) is 0 Å². The van der Waals surface area contributed by atoms with Gasteiger partial charge in [0.1, 0.15) is 0 Å². The second-order valence-electron chi connectivity index (χ2n) is 4.49. The first-order valence-corrected chi connectivity index (χ1v) is 7.83. The van der Waals surface area contributed by atoms with Crippen LogP contribution in [0.4, 0.5) is 11.4 Å². The van der Waals surface area contributed by atoms with Crippen molar-refractivity contribution in [1.29, 1.82) is 0 Å². The zero-order valence-electron chi connectivity index (χ0n) is 14.5. The number of rotatable bonds is 6. The first kappa shape index (κ1) is 20.6. The molecule has 2 amide bonds. The van der Waals surface area contributed by atoms with Crippen molar-refractivity contribution in [3.05, 3.63) is 23.8 Å². The number of amides is 2. The van der Waals surface area contributed by atoms with E-state index >= 15 is 0 Å². The predicted molar refractivity (Wildman–Crippen MR) is 91.6 cm³/mol. The van der Waals surface area contributed by atoms with Crippen LogP contribution in [-0.2, 0) is 14.3 Å². The third-order valence-electron chi connectivity index (χ3n) is 2.72. The Bertz CT molecular complexity index is 541. The molecule has 0 aliphatic heterocycles. The molecule has 1 aromatic rings. The molecule has 2 N–H and O–H groups in total. The minimum absolute atomic E-state index is 0.146. The highest BCUT2D eigenvalue weighted by molar-refractivity contribution is 5.98. The van der Waals surface area contributed by atoms with Gasteiger partial charge < -0.3 is 15.4 Å². The molecule has 1 aromatic carbocycles. The van der Waals surface area contributed by atoms with Gasteiger partial charge in [-0.25, -0.2) is 4.79 Å². The summed E-state index contributed by atoms with van der Waals surface area (Å²) in [5, 5.41) is 5.35. The van der Waals surface area contributed by atoms with E-state index in [-0.39, 0.29) is 17.4 Å². The summed E-state index contributed by atoms with van der Waals surface area (Å²) in [6.45, 7) is 7.63. The molecule has 0 radical (unpaired) electrons. The van der Waals surface area contributed by atoms with Gasteiger partial charge in [-0.1, -0.05) is 27.7 Å². The molecule has 0 saturated heterocycles. The average Bonchev–Trinajstić information content (AvgIpc) is 2.55. The van der Waals surface area contributed by atoms with Crippen molar-refractivity contribution in [2.75, 3.05) is 17.7 Å². The largest absolute Gasteiger partial charge is 0.465 e. The molecule has 6 heteroatoms. The van der Waals surface area contributed by atoms with Crippen molar-refractivity contribution in [3.8, 4) is 0 Å². The first-order chi connectivity index (χ1) is 11.0. The predicted octanol–water partition coefficient (Wildman–Crippen LogP) is 3.59. The molecule has 0 aromatic heterocycles. The van der Waals surface area contributed by atoms with Crippen molar-refractivity contribution < 1.29 is 19.1 Å². The number of ether oxygens (including phenoxy) is 1. The fourth-order valence-electron chi connectivity index (χ4n) is 1.71. The number of carbonyl (C=O) groups excluding carboxylic acids is 3. The zero-order valence-corrected chi connectivity index (χ0v) is 14.5. The molecule has 0 unspecified atom stereocenters. The van der Waals surface area contributed by atoms with Crippen LogP contribution in [0.25, 0.3) is 0 Å². The van der Waals surface area contributed by atoms with Gasteiger partial charge in [-0.2, -0.15) is 0 Å². The first-order valence-electron chi connectivity index (χ1n) is 7.83. The average molecular weight is 322 g/mol. The minimum atomic E-state index is -0.534. The molecule has 1 rings (SSSR count). The summed E-state index contributed by atoms with van der Waals surface area (Å²) in [5.74, 6) is -0.858. The summed E-state index contributed by atoms with van der Waals surface area (Å²) >= 11 is 0. The number of benzene rings is 1. The van der Waals surface area contributed by atoms with Crippen LogP contribution in [0.2, 0.25) is 0 Å². The van der Waals surface area contributed by atoms with E-state index in [4.69, 9.17) is 0 Å². The number of hydrogen-bond acceptors (Lipinski definition) is 4. The van der Waals surface area contributed by atoms with Crippen LogP contribution in [0.1, 0.15) is 57.3 Å². The van der Waals surface area contributed by atoms with Crippen LogP contribution in [0, 0.1) is 0 Å². The Morgan fingerprint density at radius 1 is 0.957 bits per heavy atom. The van der Waals surface area contributed by atoms with Gasteiger partial charge in [0.25, 0.3) is 0 Å². The van der Waals surface area contributed by atoms with Crippen molar-refractivity contribution >= 4 is 29.2 Å². The Kier molecular flexibility index (Phi) is 10.1. The fraction of sp³-hybridized carbons (Fsp3) is 0.471. The highest BCUT2D eigenvalue weighted by atomic mass is 16.5. The Hall–Kier alpha value is -2.37. The van der Waals surface area contributed by atoms with E-state index in [0.29, 0.717) is 24.2 Å². The fourth-order valence-corrected chi connectivity index (χ4v) is 1.71. The third kappa shape index (κ3) is 7.44. The molecular weight excluding hydrogens is 296 g/mol. The maximum atomic E-state index is 11.6. The van der Waals surface area contributed by atoms with E-state index in [1.165, 1.54) is 19.2 Å². The highest BCUT2D eigenvalue weighted by Crippen LogP contribution is 2.20. The van der Waals surface area contributed by atoms with E-state index < -0.39 is 5.97 Å². The van der Waals surface area contributed by atoms with Crippen molar-refractivity contribution in [2.45, 2.75) is 47.0 Å². The smallest absolute Gasteiger partial charge is 0.337 e. The van der Waals surface area contributed by atoms with Gasteiger partial charge in [-0.3, -0.25) is 9.59 Å². The lowest BCUT2D eigenvalue weighted by Crippen LogP contribution is -2.14. The van der Waals surface area contributed by atoms with Crippen LogP contribution < -0.4 is 10.6 Å². The number of hydrogen-bond donors (Lipinski definition) is 2. The second-order valence-corrected chi connectivity index (χ2v) is 4.49. The lowest BCUT2D eigenvalue weighted by atomic mass is 10.1. The quantitative estimate of drug-likeness (QED) is 0.784. The molecule has 0 atom stereocenters. The van der Waals surface area contributed by atoms with Gasteiger partial charge in [0.15, 0.2) is 0 Å². The molecule has 23 heavy (non-hydrogen) atoms. The zero-order chi connectivity index (χ0) is 17.8. The summed E-state index contributed by atoms with van der Waals surface area (Å²) in [5.41, 5.74) is 1.15. The van der Waals surface area contributed by atoms with Crippen LogP contribution in [-0.4, -0.2) is 24.9 Å². The maximum Gasteiger partial charge on any atom is 0.337 e. The summed E-state index contributed by atoms with van der Waals surface area (Å²) in [6, 6.07) is 4.63. The van der Waals surface area contributed by atoms with Gasteiger partial charge in [-0.05, 0) is 24.6 Å². The van der Waals surface area contributed by atoms with Gasteiger partial charge >= 0.3 is 5.97 Å². The Morgan fingerprint density at radius 2 is 1.48 bits per heavy atom. The number of carbonyl (C=O) groups is 3. The number of esters is 1. The molecule has 0 heterocycles. The minimum Gasteiger partial charge on any atom is -0.465 e.